The maximum absolute atomic E-state index is 2.71. The van der Waals surface area contributed by atoms with Gasteiger partial charge in [-0.25, -0.2) is 0 Å². The van der Waals surface area contributed by atoms with Crippen LogP contribution in [0, 0.1) is 0 Å². The standard InChI is InChI=1S/C26H39N/c1-4-6-11-20-27(21-12-7-5-2)22-19-23(3)24-15-17-26(18-16-24)25-13-9-8-10-14-25/h8-10,13-18,23H,4-7,11-12,19-22H2,1-3H3. The first-order valence-electron chi connectivity index (χ1n) is 11.1. The molecule has 2 aromatic carbocycles. The third-order valence-corrected chi connectivity index (χ3v) is 5.62. The minimum Gasteiger partial charge on any atom is -0.303 e. The Hall–Kier alpha value is -1.60. The summed E-state index contributed by atoms with van der Waals surface area (Å²) < 4.78 is 0. The Morgan fingerprint density at radius 3 is 1.78 bits per heavy atom. The summed E-state index contributed by atoms with van der Waals surface area (Å²) in [4.78, 5) is 2.71. The molecule has 0 N–H and O–H groups in total. The molecule has 0 fully saturated rings. The number of hydrogen-bond donors (Lipinski definition) is 0. The van der Waals surface area contributed by atoms with E-state index in [0.717, 1.165) is 0 Å². The Labute approximate surface area is 167 Å². The van der Waals surface area contributed by atoms with Gasteiger partial charge in [-0.3, -0.25) is 0 Å². The van der Waals surface area contributed by atoms with E-state index < -0.39 is 0 Å². The highest BCUT2D eigenvalue weighted by molar-refractivity contribution is 5.63. The van der Waals surface area contributed by atoms with Crippen molar-refractivity contribution in [2.24, 2.45) is 0 Å². The average molecular weight is 366 g/mol. The minimum absolute atomic E-state index is 0.620. The summed E-state index contributed by atoms with van der Waals surface area (Å²) >= 11 is 0. The van der Waals surface area contributed by atoms with Crippen LogP contribution in [-0.4, -0.2) is 24.5 Å². The van der Waals surface area contributed by atoms with Gasteiger partial charge in [0.1, 0.15) is 0 Å². The van der Waals surface area contributed by atoms with Crippen LogP contribution in [-0.2, 0) is 0 Å². The normalized spacial score (nSPS) is 12.4. The first-order valence-corrected chi connectivity index (χ1v) is 11.1. The van der Waals surface area contributed by atoms with Crippen LogP contribution >= 0.6 is 0 Å². The van der Waals surface area contributed by atoms with Gasteiger partial charge in [-0.15, -0.1) is 0 Å². The smallest absolute Gasteiger partial charge is 0.00130 e. The summed E-state index contributed by atoms with van der Waals surface area (Å²) in [5.74, 6) is 0.620. The van der Waals surface area contributed by atoms with Crippen LogP contribution in [0.25, 0.3) is 11.1 Å². The Bertz CT molecular complexity index is 592. The molecule has 1 nitrogen and oxygen atoms in total. The van der Waals surface area contributed by atoms with Gasteiger partial charge in [-0.05, 0) is 61.5 Å². The predicted octanol–water partition coefficient (Wildman–Crippen LogP) is 7.53. The lowest BCUT2D eigenvalue weighted by Crippen LogP contribution is -2.28. The Balaban J connectivity index is 1.86. The van der Waals surface area contributed by atoms with Crippen molar-refractivity contribution in [3.05, 3.63) is 60.2 Å². The second-order valence-electron chi connectivity index (χ2n) is 7.93. The van der Waals surface area contributed by atoms with Crippen molar-refractivity contribution >= 4 is 0 Å². The van der Waals surface area contributed by atoms with Gasteiger partial charge in [0.05, 0.1) is 0 Å². The second kappa shape index (κ2) is 12.7. The summed E-state index contributed by atoms with van der Waals surface area (Å²) in [6.45, 7) is 10.8. The van der Waals surface area contributed by atoms with Crippen LogP contribution in [0.5, 0.6) is 0 Å². The molecule has 1 unspecified atom stereocenters. The molecule has 0 aliphatic heterocycles. The first kappa shape index (κ1) is 21.7. The Morgan fingerprint density at radius 2 is 1.22 bits per heavy atom. The highest BCUT2D eigenvalue weighted by Gasteiger charge is 2.10. The summed E-state index contributed by atoms with van der Waals surface area (Å²) in [7, 11) is 0. The summed E-state index contributed by atoms with van der Waals surface area (Å²) in [6, 6.07) is 19.9. The van der Waals surface area contributed by atoms with Crippen LogP contribution in [0.4, 0.5) is 0 Å². The van der Waals surface area contributed by atoms with Crippen molar-refractivity contribution < 1.29 is 0 Å². The molecule has 0 aliphatic carbocycles. The molecule has 1 heteroatoms. The van der Waals surface area contributed by atoms with E-state index in [1.807, 2.05) is 0 Å². The number of rotatable bonds is 13. The first-order chi connectivity index (χ1) is 13.2. The van der Waals surface area contributed by atoms with E-state index in [1.165, 1.54) is 81.3 Å². The highest BCUT2D eigenvalue weighted by atomic mass is 15.1. The zero-order valence-corrected chi connectivity index (χ0v) is 17.8. The molecule has 0 radical (unpaired) electrons. The minimum atomic E-state index is 0.620. The van der Waals surface area contributed by atoms with E-state index >= 15 is 0 Å². The van der Waals surface area contributed by atoms with Gasteiger partial charge in [-0.1, -0.05) is 101 Å². The van der Waals surface area contributed by atoms with Crippen LogP contribution < -0.4 is 0 Å². The van der Waals surface area contributed by atoms with Crippen molar-refractivity contribution in [1.82, 2.24) is 4.90 Å². The molecule has 0 saturated carbocycles. The number of unbranched alkanes of at least 4 members (excludes halogenated alkanes) is 4. The lowest BCUT2D eigenvalue weighted by molar-refractivity contribution is 0.253. The lowest BCUT2D eigenvalue weighted by Gasteiger charge is -2.24. The summed E-state index contributed by atoms with van der Waals surface area (Å²) in [6.07, 6.45) is 9.30. The van der Waals surface area contributed by atoms with Crippen molar-refractivity contribution in [3.8, 4) is 11.1 Å². The van der Waals surface area contributed by atoms with E-state index in [1.54, 1.807) is 0 Å². The van der Waals surface area contributed by atoms with Crippen LogP contribution in [0.2, 0.25) is 0 Å². The van der Waals surface area contributed by atoms with Gasteiger partial charge in [0.25, 0.3) is 0 Å². The molecule has 148 valence electrons. The Morgan fingerprint density at radius 1 is 0.667 bits per heavy atom. The van der Waals surface area contributed by atoms with Crippen molar-refractivity contribution in [2.75, 3.05) is 19.6 Å². The molecular weight excluding hydrogens is 326 g/mol. The Kier molecular flexibility index (Phi) is 10.2. The van der Waals surface area contributed by atoms with Crippen molar-refractivity contribution in [1.29, 1.82) is 0 Å². The fourth-order valence-corrected chi connectivity index (χ4v) is 3.68. The van der Waals surface area contributed by atoms with Crippen LogP contribution in [0.1, 0.15) is 77.2 Å². The summed E-state index contributed by atoms with van der Waals surface area (Å²) in [5, 5.41) is 0. The molecular formula is C26H39N. The third kappa shape index (κ3) is 7.89. The van der Waals surface area contributed by atoms with Gasteiger partial charge in [0, 0.05) is 0 Å². The zero-order chi connectivity index (χ0) is 19.3. The van der Waals surface area contributed by atoms with Gasteiger partial charge in [0.15, 0.2) is 0 Å². The molecule has 2 aromatic rings. The van der Waals surface area contributed by atoms with Crippen LogP contribution in [0.3, 0.4) is 0 Å². The van der Waals surface area contributed by atoms with Gasteiger partial charge < -0.3 is 4.90 Å². The number of benzene rings is 2. The number of hydrogen-bond acceptors (Lipinski definition) is 1. The predicted molar refractivity (Wildman–Crippen MR) is 120 cm³/mol. The maximum Gasteiger partial charge on any atom is -0.00130 e. The third-order valence-electron chi connectivity index (χ3n) is 5.62. The molecule has 0 aromatic heterocycles. The molecule has 0 spiro atoms. The molecule has 0 aliphatic rings. The van der Waals surface area contributed by atoms with E-state index in [-0.39, 0.29) is 0 Å². The van der Waals surface area contributed by atoms with E-state index in [0.29, 0.717) is 5.92 Å². The average Bonchev–Trinajstić information content (AvgIpc) is 2.72. The van der Waals surface area contributed by atoms with Gasteiger partial charge in [-0.2, -0.15) is 0 Å². The van der Waals surface area contributed by atoms with E-state index in [9.17, 15) is 0 Å². The monoisotopic (exact) mass is 365 g/mol. The highest BCUT2D eigenvalue weighted by Crippen LogP contribution is 2.24. The SMILES string of the molecule is CCCCCN(CCCCC)CCC(C)c1ccc(-c2ccccc2)cc1. The maximum atomic E-state index is 2.71. The van der Waals surface area contributed by atoms with E-state index in [2.05, 4.69) is 80.3 Å². The largest absolute Gasteiger partial charge is 0.303 e. The van der Waals surface area contributed by atoms with E-state index in [4.69, 9.17) is 0 Å². The molecule has 0 heterocycles. The molecule has 0 bridgehead atoms. The van der Waals surface area contributed by atoms with Gasteiger partial charge in [0.2, 0.25) is 0 Å². The van der Waals surface area contributed by atoms with Crippen LogP contribution in [0.15, 0.2) is 54.6 Å². The molecule has 1 atom stereocenters. The molecule has 0 saturated heterocycles. The van der Waals surface area contributed by atoms with Gasteiger partial charge >= 0.3 is 0 Å². The zero-order valence-electron chi connectivity index (χ0n) is 17.8. The van der Waals surface area contributed by atoms with Crippen molar-refractivity contribution in [2.45, 2.75) is 71.6 Å². The topological polar surface area (TPSA) is 3.24 Å². The molecule has 27 heavy (non-hydrogen) atoms. The second-order valence-corrected chi connectivity index (χ2v) is 7.93. The fourth-order valence-electron chi connectivity index (χ4n) is 3.68. The lowest BCUT2D eigenvalue weighted by atomic mass is 9.95. The molecule has 2 rings (SSSR count). The fraction of sp³-hybridized carbons (Fsp3) is 0.538. The molecule has 0 amide bonds. The number of nitrogens with zero attached hydrogens (tertiary/aromatic N) is 1. The summed E-state index contributed by atoms with van der Waals surface area (Å²) in [5.41, 5.74) is 4.08. The van der Waals surface area contributed by atoms with Crippen molar-refractivity contribution in [3.63, 3.8) is 0 Å². The quantitative estimate of drug-likeness (QED) is 0.332.